The van der Waals surface area contributed by atoms with Crippen LogP contribution >= 0.6 is 0 Å². The first-order valence-corrected chi connectivity index (χ1v) is 8.98. The molecule has 126 valence electrons. The third-order valence-electron chi connectivity index (χ3n) is 4.79. The molecule has 0 radical (unpaired) electrons. The standard InChI is InChI=1S/C17H31N3O2/c1-2-9-18-16(21)14-19-12-7-15(8-13-19)17(22)20-10-5-3-4-6-11-20/h15H,2-14H2,1H3,(H,18,21). The van der Waals surface area contributed by atoms with Gasteiger partial charge in [-0.2, -0.15) is 0 Å². The molecule has 0 atom stereocenters. The van der Waals surface area contributed by atoms with Crippen molar-refractivity contribution in [3.63, 3.8) is 0 Å². The van der Waals surface area contributed by atoms with Crippen LogP contribution in [0.25, 0.3) is 0 Å². The first kappa shape index (κ1) is 17.3. The zero-order chi connectivity index (χ0) is 15.8. The molecule has 0 bridgehead atoms. The van der Waals surface area contributed by atoms with E-state index in [4.69, 9.17) is 0 Å². The maximum Gasteiger partial charge on any atom is 0.234 e. The number of nitrogens with one attached hydrogen (secondary N) is 1. The van der Waals surface area contributed by atoms with Crippen molar-refractivity contribution in [1.82, 2.24) is 15.1 Å². The minimum absolute atomic E-state index is 0.110. The SMILES string of the molecule is CCCNC(=O)CN1CCC(C(=O)N2CCCCCC2)CC1. The molecule has 0 aromatic carbocycles. The van der Waals surface area contributed by atoms with Gasteiger partial charge in [0.05, 0.1) is 6.54 Å². The maximum atomic E-state index is 12.6. The first-order chi connectivity index (χ1) is 10.7. The topological polar surface area (TPSA) is 52.7 Å². The Hall–Kier alpha value is -1.10. The van der Waals surface area contributed by atoms with Gasteiger partial charge in [-0.15, -0.1) is 0 Å². The van der Waals surface area contributed by atoms with Crippen molar-refractivity contribution in [2.75, 3.05) is 39.3 Å². The number of nitrogens with zero attached hydrogens (tertiary/aromatic N) is 2. The number of hydrogen-bond donors (Lipinski definition) is 1. The molecule has 0 aliphatic carbocycles. The van der Waals surface area contributed by atoms with E-state index in [0.717, 1.165) is 64.8 Å². The molecule has 2 amide bonds. The number of piperidine rings is 1. The summed E-state index contributed by atoms with van der Waals surface area (Å²) in [6.07, 6.45) is 7.60. The van der Waals surface area contributed by atoms with Crippen LogP contribution in [0.2, 0.25) is 0 Å². The van der Waals surface area contributed by atoms with Crippen LogP contribution in [0, 0.1) is 5.92 Å². The summed E-state index contributed by atoms with van der Waals surface area (Å²) in [6, 6.07) is 0. The second-order valence-electron chi connectivity index (χ2n) is 6.64. The minimum atomic E-state index is 0.110. The highest BCUT2D eigenvalue weighted by Crippen LogP contribution is 2.21. The van der Waals surface area contributed by atoms with Gasteiger partial charge in [0.25, 0.3) is 0 Å². The number of hydrogen-bond acceptors (Lipinski definition) is 3. The molecule has 0 spiro atoms. The van der Waals surface area contributed by atoms with E-state index in [1.807, 2.05) is 0 Å². The Morgan fingerprint density at radius 3 is 2.23 bits per heavy atom. The summed E-state index contributed by atoms with van der Waals surface area (Å²) < 4.78 is 0. The van der Waals surface area contributed by atoms with Gasteiger partial charge in [-0.1, -0.05) is 19.8 Å². The minimum Gasteiger partial charge on any atom is -0.355 e. The Morgan fingerprint density at radius 1 is 1.00 bits per heavy atom. The quantitative estimate of drug-likeness (QED) is 0.840. The molecule has 0 unspecified atom stereocenters. The van der Waals surface area contributed by atoms with Crippen LogP contribution in [-0.2, 0) is 9.59 Å². The Balaban J connectivity index is 1.71. The van der Waals surface area contributed by atoms with Crippen molar-refractivity contribution in [3.05, 3.63) is 0 Å². The molecule has 0 saturated carbocycles. The van der Waals surface area contributed by atoms with Gasteiger partial charge in [0.2, 0.25) is 11.8 Å². The maximum absolute atomic E-state index is 12.6. The summed E-state index contributed by atoms with van der Waals surface area (Å²) in [4.78, 5) is 28.6. The molecule has 2 fully saturated rings. The number of amides is 2. The molecule has 2 heterocycles. The predicted molar refractivity (Wildman–Crippen MR) is 87.5 cm³/mol. The fourth-order valence-corrected chi connectivity index (χ4v) is 3.41. The van der Waals surface area contributed by atoms with Gasteiger partial charge in [-0.3, -0.25) is 14.5 Å². The average Bonchev–Trinajstić information content (AvgIpc) is 2.82. The molecule has 2 saturated heterocycles. The van der Waals surface area contributed by atoms with Gasteiger partial charge in [0.15, 0.2) is 0 Å². The molecule has 2 aliphatic heterocycles. The summed E-state index contributed by atoms with van der Waals surface area (Å²) in [5.41, 5.74) is 0. The van der Waals surface area contributed by atoms with E-state index in [1.165, 1.54) is 12.8 Å². The second-order valence-corrected chi connectivity index (χ2v) is 6.64. The molecular formula is C17H31N3O2. The van der Waals surface area contributed by atoms with Crippen molar-refractivity contribution in [2.24, 2.45) is 5.92 Å². The normalized spacial score (nSPS) is 21.4. The van der Waals surface area contributed by atoms with E-state index in [-0.39, 0.29) is 11.8 Å². The van der Waals surface area contributed by atoms with Crippen LogP contribution in [0.5, 0.6) is 0 Å². The van der Waals surface area contributed by atoms with E-state index < -0.39 is 0 Å². The molecule has 5 heteroatoms. The largest absolute Gasteiger partial charge is 0.355 e. The number of carbonyl (C=O) groups is 2. The first-order valence-electron chi connectivity index (χ1n) is 8.98. The third-order valence-corrected chi connectivity index (χ3v) is 4.79. The molecule has 0 aromatic rings. The van der Waals surface area contributed by atoms with Crippen molar-refractivity contribution in [1.29, 1.82) is 0 Å². The lowest BCUT2D eigenvalue weighted by Gasteiger charge is -2.33. The lowest BCUT2D eigenvalue weighted by Crippen LogP contribution is -2.45. The van der Waals surface area contributed by atoms with Crippen LogP contribution in [0.4, 0.5) is 0 Å². The van der Waals surface area contributed by atoms with E-state index in [1.54, 1.807) is 0 Å². The van der Waals surface area contributed by atoms with Crippen molar-refractivity contribution in [3.8, 4) is 0 Å². The van der Waals surface area contributed by atoms with Crippen LogP contribution < -0.4 is 5.32 Å². The van der Waals surface area contributed by atoms with Gasteiger partial charge >= 0.3 is 0 Å². The molecule has 2 aliphatic rings. The van der Waals surface area contributed by atoms with Crippen molar-refractivity contribution in [2.45, 2.75) is 51.9 Å². The third kappa shape index (κ3) is 5.27. The Kier molecular flexibility index (Phi) is 7.16. The summed E-state index contributed by atoms with van der Waals surface area (Å²) in [5.74, 6) is 0.643. The zero-order valence-corrected chi connectivity index (χ0v) is 14.0. The summed E-state index contributed by atoms with van der Waals surface area (Å²) in [7, 11) is 0. The lowest BCUT2D eigenvalue weighted by molar-refractivity contribution is -0.137. The fourth-order valence-electron chi connectivity index (χ4n) is 3.41. The van der Waals surface area contributed by atoms with Gasteiger partial charge in [-0.25, -0.2) is 0 Å². The average molecular weight is 309 g/mol. The predicted octanol–water partition coefficient (Wildman–Crippen LogP) is 1.63. The summed E-state index contributed by atoms with van der Waals surface area (Å²) >= 11 is 0. The number of carbonyl (C=O) groups excluding carboxylic acids is 2. The Labute approximate surface area is 134 Å². The molecule has 22 heavy (non-hydrogen) atoms. The molecule has 0 aromatic heterocycles. The zero-order valence-electron chi connectivity index (χ0n) is 14.0. The smallest absolute Gasteiger partial charge is 0.234 e. The Bertz CT molecular complexity index is 357. The van der Waals surface area contributed by atoms with Gasteiger partial charge in [0, 0.05) is 25.6 Å². The van der Waals surface area contributed by atoms with E-state index >= 15 is 0 Å². The highest BCUT2D eigenvalue weighted by Gasteiger charge is 2.29. The molecule has 1 N–H and O–H groups in total. The molecule has 2 rings (SSSR count). The summed E-state index contributed by atoms with van der Waals surface area (Å²) in [5, 5.41) is 2.92. The Morgan fingerprint density at radius 2 is 1.64 bits per heavy atom. The van der Waals surface area contributed by atoms with Gasteiger partial charge < -0.3 is 10.2 Å². The van der Waals surface area contributed by atoms with E-state index in [9.17, 15) is 9.59 Å². The second kappa shape index (κ2) is 9.13. The number of likely N-dealkylation sites (tertiary alicyclic amines) is 2. The van der Waals surface area contributed by atoms with E-state index in [2.05, 4.69) is 22.0 Å². The van der Waals surface area contributed by atoms with Gasteiger partial charge in [-0.05, 0) is 45.2 Å². The number of rotatable bonds is 5. The highest BCUT2D eigenvalue weighted by atomic mass is 16.2. The van der Waals surface area contributed by atoms with Crippen LogP contribution in [0.15, 0.2) is 0 Å². The van der Waals surface area contributed by atoms with Crippen molar-refractivity contribution >= 4 is 11.8 Å². The van der Waals surface area contributed by atoms with Crippen molar-refractivity contribution < 1.29 is 9.59 Å². The fraction of sp³-hybridized carbons (Fsp3) is 0.882. The van der Waals surface area contributed by atoms with Crippen LogP contribution in [0.3, 0.4) is 0 Å². The highest BCUT2D eigenvalue weighted by molar-refractivity contribution is 5.79. The monoisotopic (exact) mass is 309 g/mol. The van der Waals surface area contributed by atoms with Crippen LogP contribution in [0.1, 0.15) is 51.9 Å². The van der Waals surface area contributed by atoms with Crippen LogP contribution in [-0.4, -0.2) is 60.9 Å². The van der Waals surface area contributed by atoms with E-state index in [0.29, 0.717) is 12.5 Å². The lowest BCUT2D eigenvalue weighted by atomic mass is 9.95. The molecule has 5 nitrogen and oxygen atoms in total. The summed E-state index contributed by atoms with van der Waals surface area (Å²) in [6.45, 7) is 6.90. The van der Waals surface area contributed by atoms with Gasteiger partial charge in [0.1, 0.15) is 0 Å². The molecular weight excluding hydrogens is 278 g/mol.